The molecule has 1 heterocycles. The number of aryl methyl sites for hydroxylation is 2. The minimum atomic E-state index is -0.879. The Morgan fingerprint density at radius 1 is 1.25 bits per heavy atom. The molecule has 1 atom stereocenters. The zero-order chi connectivity index (χ0) is 18.0. The first-order chi connectivity index (χ1) is 11.2. The van der Waals surface area contributed by atoms with Gasteiger partial charge in [-0.2, -0.15) is 0 Å². The molecule has 1 N–H and O–H groups in total. The van der Waals surface area contributed by atoms with E-state index in [0.29, 0.717) is 5.69 Å². The third-order valence-corrected chi connectivity index (χ3v) is 4.08. The van der Waals surface area contributed by atoms with Gasteiger partial charge in [-0.15, -0.1) is 0 Å². The third-order valence-electron chi connectivity index (χ3n) is 4.08. The number of nitrogens with zero attached hydrogens (tertiary/aromatic N) is 2. The van der Waals surface area contributed by atoms with Gasteiger partial charge in [-0.05, 0) is 44.9 Å². The van der Waals surface area contributed by atoms with Crippen LogP contribution in [0.25, 0.3) is 0 Å². The summed E-state index contributed by atoms with van der Waals surface area (Å²) in [6, 6.07) is 5.86. The van der Waals surface area contributed by atoms with Crippen molar-refractivity contribution in [1.82, 2.24) is 4.57 Å². The molecule has 0 bridgehead atoms. The minimum absolute atomic E-state index is 0.218. The molecule has 0 aliphatic carbocycles. The Morgan fingerprint density at radius 2 is 1.92 bits per heavy atom. The molecular formula is C17H19N3O4. The van der Waals surface area contributed by atoms with Crippen LogP contribution >= 0.6 is 0 Å². The van der Waals surface area contributed by atoms with Crippen LogP contribution in [0.4, 0.5) is 11.4 Å². The highest BCUT2D eigenvalue weighted by molar-refractivity contribution is 5.94. The van der Waals surface area contributed by atoms with E-state index in [1.165, 1.54) is 19.9 Å². The van der Waals surface area contributed by atoms with Crippen molar-refractivity contribution >= 4 is 17.3 Å². The number of pyridine rings is 1. The van der Waals surface area contributed by atoms with Crippen LogP contribution in [0.15, 0.2) is 35.3 Å². The summed E-state index contributed by atoms with van der Waals surface area (Å²) in [5.41, 5.74) is 2.18. The number of nitro groups is 1. The number of hydrogen-bond acceptors (Lipinski definition) is 4. The van der Waals surface area contributed by atoms with E-state index in [1.54, 1.807) is 6.07 Å². The number of carbonyl (C=O) groups is 1. The van der Waals surface area contributed by atoms with E-state index >= 15 is 0 Å². The normalized spacial score (nSPS) is 11.8. The molecule has 24 heavy (non-hydrogen) atoms. The Bertz CT molecular complexity index is 871. The molecule has 126 valence electrons. The Balaban J connectivity index is 2.36. The van der Waals surface area contributed by atoms with Gasteiger partial charge in [0.15, 0.2) is 0 Å². The number of carbonyl (C=O) groups excluding carboxylic acids is 1. The first-order valence-corrected chi connectivity index (χ1v) is 7.46. The van der Waals surface area contributed by atoms with Crippen molar-refractivity contribution in [2.45, 2.75) is 33.7 Å². The van der Waals surface area contributed by atoms with E-state index in [1.807, 2.05) is 26.0 Å². The quantitative estimate of drug-likeness (QED) is 0.689. The van der Waals surface area contributed by atoms with Crippen LogP contribution in [-0.2, 0) is 4.79 Å². The van der Waals surface area contributed by atoms with Gasteiger partial charge in [0.1, 0.15) is 6.04 Å². The maximum Gasteiger partial charge on any atom is 0.286 e. The van der Waals surface area contributed by atoms with Crippen LogP contribution in [0, 0.1) is 30.9 Å². The smallest absolute Gasteiger partial charge is 0.286 e. The van der Waals surface area contributed by atoms with E-state index < -0.39 is 22.4 Å². The van der Waals surface area contributed by atoms with Gasteiger partial charge >= 0.3 is 0 Å². The summed E-state index contributed by atoms with van der Waals surface area (Å²) in [5.74, 6) is -0.411. The number of aromatic nitrogens is 1. The van der Waals surface area contributed by atoms with Crippen molar-refractivity contribution < 1.29 is 9.72 Å². The van der Waals surface area contributed by atoms with Crippen LogP contribution in [0.3, 0.4) is 0 Å². The zero-order valence-electron chi connectivity index (χ0n) is 14.0. The van der Waals surface area contributed by atoms with Gasteiger partial charge in [-0.3, -0.25) is 24.3 Å². The molecular weight excluding hydrogens is 310 g/mol. The molecule has 1 unspecified atom stereocenters. The number of benzene rings is 1. The lowest BCUT2D eigenvalue weighted by molar-refractivity contribution is -0.385. The topological polar surface area (TPSA) is 94.2 Å². The molecule has 0 radical (unpaired) electrons. The maximum atomic E-state index is 12.5. The fourth-order valence-corrected chi connectivity index (χ4v) is 2.36. The monoisotopic (exact) mass is 329 g/mol. The highest BCUT2D eigenvalue weighted by Crippen LogP contribution is 2.20. The van der Waals surface area contributed by atoms with Gasteiger partial charge in [0, 0.05) is 17.3 Å². The summed E-state index contributed by atoms with van der Waals surface area (Å²) in [5, 5.41) is 13.7. The fourth-order valence-electron chi connectivity index (χ4n) is 2.36. The number of amides is 1. The predicted octanol–water partition coefficient (Wildman–Crippen LogP) is 2.88. The van der Waals surface area contributed by atoms with Crippen molar-refractivity contribution in [3.05, 3.63) is 67.6 Å². The average Bonchev–Trinajstić information content (AvgIpc) is 2.53. The molecule has 0 spiro atoms. The van der Waals surface area contributed by atoms with Gasteiger partial charge in [0.25, 0.3) is 11.2 Å². The molecule has 0 aliphatic heterocycles. The number of hydrogen-bond donors (Lipinski definition) is 1. The molecule has 7 nitrogen and oxygen atoms in total. The van der Waals surface area contributed by atoms with Crippen molar-refractivity contribution in [2.75, 3.05) is 5.32 Å². The van der Waals surface area contributed by atoms with Gasteiger partial charge in [0.05, 0.1) is 11.1 Å². The molecule has 7 heteroatoms. The van der Waals surface area contributed by atoms with Gasteiger partial charge in [0.2, 0.25) is 5.91 Å². The van der Waals surface area contributed by atoms with Crippen molar-refractivity contribution in [3.8, 4) is 0 Å². The molecule has 2 rings (SSSR count). The summed E-state index contributed by atoms with van der Waals surface area (Å²) in [6.45, 7) is 6.84. The van der Waals surface area contributed by atoms with Crippen LogP contribution in [0.5, 0.6) is 0 Å². The molecule has 1 amide bonds. The highest BCUT2D eigenvalue weighted by atomic mass is 16.6. The molecule has 0 aliphatic rings. The fraction of sp³-hybridized carbons (Fsp3) is 0.294. The van der Waals surface area contributed by atoms with E-state index in [9.17, 15) is 19.7 Å². The first kappa shape index (κ1) is 17.4. The largest absolute Gasteiger partial charge is 0.324 e. The maximum absolute atomic E-state index is 12.5. The van der Waals surface area contributed by atoms with Crippen LogP contribution in [0.1, 0.15) is 29.7 Å². The summed E-state index contributed by atoms with van der Waals surface area (Å²) >= 11 is 0. The van der Waals surface area contributed by atoms with Crippen molar-refractivity contribution in [2.24, 2.45) is 0 Å². The van der Waals surface area contributed by atoms with Crippen molar-refractivity contribution in [3.63, 3.8) is 0 Å². The second-order valence-corrected chi connectivity index (χ2v) is 5.76. The summed E-state index contributed by atoms with van der Waals surface area (Å²) in [7, 11) is 0. The van der Waals surface area contributed by atoms with Crippen LogP contribution < -0.4 is 10.9 Å². The first-order valence-electron chi connectivity index (χ1n) is 7.46. The van der Waals surface area contributed by atoms with Gasteiger partial charge in [-0.1, -0.05) is 12.1 Å². The third kappa shape index (κ3) is 3.34. The lowest BCUT2D eigenvalue weighted by atomic mass is 10.1. The molecule has 0 fully saturated rings. The van der Waals surface area contributed by atoms with Gasteiger partial charge in [-0.25, -0.2) is 0 Å². The standard InChI is InChI=1S/C17H19N3O4/c1-10-6-5-7-15(12(10)3)18-16(21)13(4)19-9-14(20(23)24)8-11(2)17(19)22/h5-9,13H,1-4H3,(H,18,21). The Kier molecular flexibility index (Phi) is 4.82. The SMILES string of the molecule is Cc1cccc(NC(=O)C(C)n2cc([N+](=O)[O-])cc(C)c2=O)c1C. The lowest BCUT2D eigenvalue weighted by Gasteiger charge is -2.17. The minimum Gasteiger partial charge on any atom is -0.324 e. The van der Waals surface area contributed by atoms with E-state index in [4.69, 9.17) is 0 Å². The van der Waals surface area contributed by atoms with Crippen molar-refractivity contribution in [1.29, 1.82) is 0 Å². The molecule has 0 saturated carbocycles. The Labute approximate surface area is 139 Å². The summed E-state index contributed by atoms with van der Waals surface area (Å²) in [4.78, 5) is 35.1. The number of rotatable bonds is 4. The molecule has 1 aromatic carbocycles. The number of anilines is 1. The summed E-state index contributed by atoms with van der Waals surface area (Å²) < 4.78 is 1.09. The van der Waals surface area contributed by atoms with E-state index in [0.717, 1.165) is 21.9 Å². The number of nitrogens with one attached hydrogen (secondary N) is 1. The zero-order valence-corrected chi connectivity index (χ0v) is 14.0. The van der Waals surface area contributed by atoms with E-state index in [2.05, 4.69) is 5.32 Å². The molecule has 2 aromatic rings. The molecule has 0 saturated heterocycles. The molecule has 1 aromatic heterocycles. The Hall–Kier alpha value is -2.96. The van der Waals surface area contributed by atoms with E-state index in [-0.39, 0.29) is 11.3 Å². The van der Waals surface area contributed by atoms with Crippen LogP contribution in [-0.4, -0.2) is 15.4 Å². The van der Waals surface area contributed by atoms with Crippen LogP contribution in [0.2, 0.25) is 0 Å². The lowest BCUT2D eigenvalue weighted by Crippen LogP contribution is -2.32. The van der Waals surface area contributed by atoms with Gasteiger partial charge < -0.3 is 5.32 Å². The summed E-state index contributed by atoms with van der Waals surface area (Å²) in [6.07, 6.45) is 1.10. The second kappa shape index (κ2) is 6.66. The Morgan fingerprint density at radius 3 is 2.54 bits per heavy atom. The second-order valence-electron chi connectivity index (χ2n) is 5.76. The predicted molar refractivity (Wildman–Crippen MR) is 91.4 cm³/mol. The average molecular weight is 329 g/mol. The highest BCUT2D eigenvalue weighted by Gasteiger charge is 2.21.